The lowest BCUT2D eigenvalue weighted by Gasteiger charge is -2.47. The van der Waals surface area contributed by atoms with Gasteiger partial charge in [-0.2, -0.15) is 0 Å². The fourth-order valence-electron chi connectivity index (χ4n) is 2.20. The molecule has 0 spiro atoms. The number of hydrogen-bond acceptors (Lipinski definition) is 8. The summed E-state index contributed by atoms with van der Waals surface area (Å²) in [6.45, 7) is 1.36. The first-order valence-electron chi connectivity index (χ1n) is 5.87. The summed E-state index contributed by atoms with van der Waals surface area (Å²) < 4.78 is 43.3. The molecule has 0 aromatic heterocycles. The van der Waals surface area contributed by atoms with Gasteiger partial charge in [0.05, 0.1) is 5.92 Å². The molecule has 0 saturated heterocycles. The lowest BCUT2D eigenvalue weighted by molar-refractivity contribution is -0.244. The zero-order valence-electron chi connectivity index (χ0n) is 12.6. The third kappa shape index (κ3) is 3.10. The molecular weight excluding hydrogens is 324 g/mol. The van der Waals surface area contributed by atoms with Crippen molar-refractivity contribution in [3.05, 3.63) is 0 Å². The molecule has 0 amide bonds. The van der Waals surface area contributed by atoms with Crippen molar-refractivity contribution in [3.8, 4) is 0 Å². The lowest BCUT2D eigenvalue weighted by atomic mass is 9.83. The van der Waals surface area contributed by atoms with Crippen LogP contribution in [0.3, 0.4) is 0 Å². The van der Waals surface area contributed by atoms with Gasteiger partial charge in [-0.1, -0.05) is 6.92 Å². The Hall–Kier alpha value is -0.270. The Kier molecular flexibility index (Phi) is 7.73. The highest BCUT2D eigenvalue weighted by atomic mass is 31.1. The fraction of sp³-hybridized carbons (Fsp3) is 0.900. The molecule has 0 bridgehead atoms. The molecule has 4 unspecified atom stereocenters. The van der Waals surface area contributed by atoms with E-state index in [1.165, 1.54) is 21.1 Å². The molecular formula is C10H23NO8P2. The third-order valence-corrected chi connectivity index (χ3v) is 6.34. The number of aliphatic carboxylic acids is 1. The predicted molar refractivity (Wildman–Crippen MR) is 78.0 cm³/mol. The van der Waals surface area contributed by atoms with E-state index in [0.29, 0.717) is 0 Å². The Morgan fingerprint density at radius 1 is 1.05 bits per heavy atom. The fourth-order valence-corrected chi connectivity index (χ4v) is 3.62. The standard InChI is InChI=1S/C10H23NO8P2/c1-6(9(16-2,17-3)20-14)8(11,7(12)13)10(18-4,19-5)21-15/h6H,11,20-21H2,1-5H3,(H,12,13). The number of carboxylic acids is 1. The second-order valence-corrected chi connectivity index (χ2v) is 6.37. The summed E-state index contributed by atoms with van der Waals surface area (Å²) in [5.74, 6) is -2.75. The molecule has 0 heterocycles. The van der Waals surface area contributed by atoms with Gasteiger partial charge < -0.3 is 38.9 Å². The normalized spacial score (nSPS) is 18.4. The minimum atomic E-state index is -2.32. The van der Waals surface area contributed by atoms with Crippen LogP contribution in [-0.4, -0.2) is 56.1 Å². The smallest absolute Gasteiger partial charge is 0.330 e. The van der Waals surface area contributed by atoms with Gasteiger partial charge in [0.2, 0.25) is 11.1 Å². The van der Waals surface area contributed by atoms with Gasteiger partial charge in [0, 0.05) is 28.4 Å². The average Bonchev–Trinajstić information content (AvgIpc) is 2.51. The van der Waals surface area contributed by atoms with Crippen molar-refractivity contribution in [2.24, 2.45) is 11.7 Å². The van der Waals surface area contributed by atoms with Crippen LogP contribution in [0.5, 0.6) is 0 Å². The third-order valence-electron chi connectivity index (χ3n) is 3.78. The molecule has 21 heavy (non-hydrogen) atoms. The first-order valence-corrected chi connectivity index (χ1v) is 7.97. The van der Waals surface area contributed by atoms with Crippen molar-refractivity contribution in [2.45, 2.75) is 23.5 Å². The molecule has 0 aromatic rings. The van der Waals surface area contributed by atoms with Crippen LogP contribution in [0.1, 0.15) is 6.92 Å². The van der Waals surface area contributed by atoms with Crippen molar-refractivity contribution in [1.29, 1.82) is 0 Å². The van der Waals surface area contributed by atoms with E-state index < -0.39 is 45.4 Å². The monoisotopic (exact) mass is 347 g/mol. The predicted octanol–water partition coefficient (Wildman–Crippen LogP) is -0.190. The zero-order chi connectivity index (χ0) is 16.9. The van der Waals surface area contributed by atoms with Gasteiger partial charge in [-0.25, -0.2) is 4.79 Å². The van der Waals surface area contributed by atoms with E-state index in [-0.39, 0.29) is 0 Å². The van der Waals surface area contributed by atoms with Crippen LogP contribution in [0.4, 0.5) is 0 Å². The Morgan fingerprint density at radius 3 is 1.67 bits per heavy atom. The Morgan fingerprint density at radius 2 is 1.48 bits per heavy atom. The number of ether oxygens (including phenoxy) is 4. The van der Waals surface area contributed by atoms with E-state index in [4.69, 9.17) is 24.7 Å². The number of hydrogen-bond donors (Lipinski definition) is 2. The SMILES string of the molecule is COC(OC)([PH2]=O)C(C)C(N)(C(=O)O)C(OC)(OC)[PH2]=O. The molecule has 0 aliphatic carbocycles. The van der Waals surface area contributed by atoms with E-state index in [2.05, 4.69) is 0 Å². The summed E-state index contributed by atoms with van der Waals surface area (Å²) in [6.07, 6.45) is 0. The molecule has 0 aromatic carbocycles. The van der Waals surface area contributed by atoms with E-state index in [0.717, 1.165) is 14.2 Å². The number of carbonyl (C=O) groups is 1. The maximum atomic E-state index is 11.8. The quantitative estimate of drug-likeness (QED) is 0.407. The molecule has 0 aliphatic heterocycles. The zero-order valence-corrected chi connectivity index (χ0v) is 14.9. The van der Waals surface area contributed by atoms with E-state index in [1.807, 2.05) is 0 Å². The summed E-state index contributed by atoms with van der Waals surface area (Å²) >= 11 is 0. The number of nitrogens with two attached hydrogens (primary N) is 1. The first-order chi connectivity index (χ1) is 9.71. The van der Waals surface area contributed by atoms with Crippen LogP contribution in [-0.2, 0) is 32.9 Å². The summed E-state index contributed by atoms with van der Waals surface area (Å²) in [7, 11) is 1.02. The number of rotatable bonds is 10. The molecule has 3 N–H and O–H groups in total. The van der Waals surface area contributed by atoms with Gasteiger partial charge in [0.1, 0.15) is 16.9 Å². The van der Waals surface area contributed by atoms with Gasteiger partial charge in [0.15, 0.2) is 5.54 Å². The Bertz CT molecular complexity index is 399. The van der Waals surface area contributed by atoms with Gasteiger partial charge in [-0.05, 0) is 0 Å². The number of methoxy groups -OCH3 is 4. The topological polar surface area (TPSA) is 134 Å². The maximum absolute atomic E-state index is 11.8. The van der Waals surface area contributed by atoms with Gasteiger partial charge in [0.25, 0.3) is 0 Å². The minimum Gasteiger partial charge on any atom is -0.480 e. The first kappa shape index (κ1) is 20.7. The van der Waals surface area contributed by atoms with Crippen LogP contribution in [0.25, 0.3) is 0 Å². The van der Waals surface area contributed by atoms with Gasteiger partial charge in [-0.3, -0.25) is 0 Å². The molecule has 126 valence electrons. The molecule has 0 aliphatic rings. The van der Waals surface area contributed by atoms with Crippen LogP contribution in [0.15, 0.2) is 0 Å². The highest BCUT2D eigenvalue weighted by Crippen LogP contribution is 2.47. The van der Waals surface area contributed by atoms with Gasteiger partial charge in [-0.15, -0.1) is 0 Å². The molecule has 0 fully saturated rings. The van der Waals surface area contributed by atoms with E-state index >= 15 is 0 Å². The van der Waals surface area contributed by atoms with Crippen LogP contribution < -0.4 is 5.73 Å². The number of carboxylic acid groups (broad SMARTS) is 1. The second-order valence-electron chi connectivity index (χ2n) is 4.34. The van der Waals surface area contributed by atoms with Crippen molar-refractivity contribution >= 4 is 22.9 Å². The van der Waals surface area contributed by atoms with Crippen molar-refractivity contribution in [3.63, 3.8) is 0 Å². The molecule has 0 rings (SSSR count). The lowest BCUT2D eigenvalue weighted by Crippen LogP contribution is -2.71. The van der Waals surface area contributed by atoms with Crippen LogP contribution in [0, 0.1) is 5.92 Å². The summed E-state index contributed by atoms with van der Waals surface area (Å²) in [4.78, 5) is 11.8. The van der Waals surface area contributed by atoms with E-state index in [1.54, 1.807) is 0 Å². The van der Waals surface area contributed by atoms with Crippen LogP contribution in [0.2, 0.25) is 0 Å². The van der Waals surface area contributed by atoms with Crippen LogP contribution >= 0.6 is 16.9 Å². The largest absolute Gasteiger partial charge is 0.480 e. The Balaban J connectivity index is 6.28. The maximum Gasteiger partial charge on any atom is 0.330 e. The average molecular weight is 347 g/mol. The van der Waals surface area contributed by atoms with Crippen molar-refractivity contribution < 1.29 is 38.0 Å². The highest BCUT2D eigenvalue weighted by molar-refractivity contribution is 7.26. The summed E-state index contributed by atoms with van der Waals surface area (Å²) in [5, 5.41) is 9.57. The molecule has 0 radical (unpaired) electrons. The summed E-state index contributed by atoms with van der Waals surface area (Å²) in [6, 6.07) is 0. The highest BCUT2D eigenvalue weighted by Gasteiger charge is 2.64. The van der Waals surface area contributed by atoms with Crippen molar-refractivity contribution in [1.82, 2.24) is 0 Å². The molecule has 11 heteroatoms. The minimum absolute atomic E-state index is 1.12. The van der Waals surface area contributed by atoms with E-state index in [9.17, 15) is 19.0 Å². The molecule has 4 atom stereocenters. The second kappa shape index (κ2) is 7.83. The van der Waals surface area contributed by atoms with Crippen molar-refractivity contribution in [2.75, 3.05) is 28.4 Å². The summed E-state index contributed by atoms with van der Waals surface area (Å²) in [5.41, 5.74) is -0.191. The molecule has 9 nitrogen and oxygen atoms in total. The molecule has 0 saturated carbocycles. The van der Waals surface area contributed by atoms with Gasteiger partial charge >= 0.3 is 5.97 Å². The Labute approximate surface area is 125 Å².